The molecule has 0 bridgehead atoms. The van der Waals surface area contributed by atoms with Gasteiger partial charge in [-0.2, -0.15) is 20.1 Å². The van der Waals surface area contributed by atoms with Crippen molar-refractivity contribution in [1.82, 2.24) is 24.7 Å². The van der Waals surface area contributed by atoms with E-state index in [1.165, 1.54) is 4.68 Å². The van der Waals surface area contributed by atoms with E-state index in [4.69, 9.17) is 22.1 Å². The molecule has 96 valence electrons. The normalized spacial score (nSPS) is 10.9. The number of rotatable bonds is 3. The molecule has 2 aromatic rings. The Bertz CT molecular complexity index is 548. The third-order valence-corrected chi connectivity index (χ3v) is 2.38. The highest BCUT2D eigenvalue weighted by Crippen LogP contribution is 2.16. The average molecular weight is 269 g/mol. The van der Waals surface area contributed by atoms with E-state index in [1.807, 2.05) is 13.8 Å². The van der Waals surface area contributed by atoms with Crippen LogP contribution in [0.4, 0.5) is 5.95 Å². The minimum atomic E-state index is -0.0532. The van der Waals surface area contributed by atoms with Crippen molar-refractivity contribution >= 4 is 17.5 Å². The lowest BCUT2D eigenvalue weighted by Crippen LogP contribution is -2.13. The van der Waals surface area contributed by atoms with Crippen LogP contribution in [0.1, 0.15) is 19.5 Å². The fraction of sp³-hybridized carbons (Fsp3) is 0.400. The maximum Gasteiger partial charge on any atom is 0.323 e. The molecule has 8 heteroatoms. The topological polar surface area (TPSA) is 91.7 Å². The van der Waals surface area contributed by atoms with Gasteiger partial charge >= 0.3 is 6.01 Å². The molecule has 18 heavy (non-hydrogen) atoms. The average Bonchev–Trinajstić information content (AvgIpc) is 2.57. The molecule has 0 aromatic carbocycles. The van der Waals surface area contributed by atoms with Gasteiger partial charge in [-0.1, -0.05) is 11.6 Å². The summed E-state index contributed by atoms with van der Waals surface area (Å²) in [6.07, 6.45) is 1.55. The lowest BCUT2D eigenvalue weighted by Gasteiger charge is -2.08. The number of ether oxygens (including phenoxy) is 1. The van der Waals surface area contributed by atoms with Crippen LogP contribution >= 0.6 is 11.6 Å². The smallest absolute Gasteiger partial charge is 0.323 e. The van der Waals surface area contributed by atoms with E-state index in [-0.39, 0.29) is 24.0 Å². The summed E-state index contributed by atoms with van der Waals surface area (Å²) in [7, 11) is 0. The van der Waals surface area contributed by atoms with Crippen LogP contribution in [0.3, 0.4) is 0 Å². The second kappa shape index (κ2) is 4.77. The molecule has 0 unspecified atom stereocenters. The number of halogens is 1. The maximum absolute atomic E-state index is 5.93. The number of hydrogen-bond donors (Lipinski definition) is 1. The molecule has 0 aliphatic carbocycles. The zero-order chi connectivity index (χ0) is 13.3. The van der Waals surface area contributed by atoms with E-state index in [0.29, 0.717) is 10.7 Å². The van der Waals surface area contributed by atoms with Crippen LogP contribution in [0.25, 0.3) is 5.95 Å². The predicted molar refractivity (Wildman–Crippen MR) is 66.9 cm³/mol. The lowest BCUT2D eigenvalue weighted by molar-refractivity contribution is 0.221. The van der Waals surface area contributed by atoms with Crippen molar-refractivity contribution in [2.24, 2.45) is 0 Å². The highest BCUT2D eigenvalue weighted by molar-refractivity contribution is 6.31. The summed E-state index contributed by atoms with van der Waals surface area (Å²) in [5.74, 6) is 0.341. The zero-order valence-corrected chi connectivity index (χ0v) is 11.0. The van der Waals surface area contributed by atoms with Gasteiger partial charge in [-0.3, -0.25) is 0 Å². The fourth-order valence-corrected chi connectivity index (χ4v) is 1.40. The van der Waals surface area contributed by atoms with Crippen molar-refractivity contribution in [1.29, 1.82) is 0 Å². The van der Waals surface area contributed by atoms with Crippen LogP contribution in [0.15, 0.2) is 6.20 Å². The number of nitrogens with two attached hydrogens (primary N) is 1. The summed E-state index contributed by atoms with van der Waals surface area (Å²) < 4.78 is 6.81. The molecule has 0 aliphatic heterocycles. The Morgan fingerprint density at radius 1 is 1.33 bits per heavy atom. The number of nitrogens with zero attached hydrogens (tertiary/aromatic N) is 5. The monoisotopic (exact) mass is 268 g/mol. The lowest BCUT2D eigenvalue weighted by atomic mass is 10.5. The molecule has 2 N–H and O–H groups in total. The van der Waals surface area contributed by atoms with Crippen molar-refractivity contribution in [2.75, 3.05) is 5.73 Å². The van der Waals surface area contributed by atoms with Gasteiger partial charge in [0.25, 0.3) is 5.95 Å². The van der Waals surface area contributed by atoms with E-state index >= 15 is 0 Å². The number of nitrogen functional groups attached to an aromatic ring is 1. The van der Waals surface area contributed by atoms with Crippen LogP contribution in [0.5, 0.6) is 6.01 Å². The third-order valence-electron chi connectivity index (χ3n) is 2.01. The summed E-state index contributed by atoms with van der Waals surface area (Å²) in [6.45, 7) is 5.53. The number of aromatic nitrogens is 5. The van der Waals surface area contributed by atoms with Crippen molar-refractivity contribution in [3.63, 3.8) is 0 Å². The largest absolute Gasteiger partial charge is 0.461 e. The summed E-state index contributed by atoms with van der Waals surface area (Å²) in [5.41, 5.74) is 6.28. The zero-order valence-electron chi connectivity index (χ0n) is 10.3. The minimum absolute atomic E-state index is 0.0532. The number of aryl methyl sites for hydroxylation is 1. The minimum Gasteiger partial charge on any atom is -0.461 e. The van der Waals surface area contributed by atoms with E-state index in [9.17, 15) is 0 Å². The SMILES string of the molecule is Cc1nn(-c2nc(N)nc(OC(C)C)n2)cc1Cl. The first-order valence-corrected chi connectivity index (χ1v) is 5.74. The first kappa shape index (κ1) is 12.6. The van der Waals surface area contributed by atoms with E-state index < -0.39 is 0 Å². The van der Waals surface area contributed by atoms with Crippen LogP contribution in [-0.2, 0) is 0 Å². The Kier molecular flexibility index (Phi) is 3.33. The fourth-order valence-electron chi connectivity index (χ4n) is 1.27. The standard InChI is InChI=1S/C10H13ClN6O/c1-5(2)18-10-14-8(12)13-9(15-10)17-4-7(11)6(3)16-17/h4-5H,1-3H3,(H2,12,13,14,15). The molecule has 0 spiro atoms. The highest BCUT2D eigenvalue weighted by Gasteiger charge is 2.11. The Hall–Kier alpha value is -1.89. The quantitative estimate of drug-likeness (QED) is 0.904. The Morgan fingerprint density at radius 3 is 2.61 bits per heavy atom. The van der Waals surface area contributed by atoms with Gasteiger partial charge in [-0.25, -0.2) is 4.68 Å². The Morgan fingerprint density at radius 2 is 2.06 bits per heavy atom. The maximum atomic E-state index is 5.93. The van der Waals surface area contributed by atoms with E-state index in [0.717, 1.165) is 0 Å². The Labute approximate surface area is 109 Å². The summed E-state index contributed by atoms with van der Waals surface area (Å²) in [5, 5.41) is 4.69. The molecule has 0 amide bonds. The van der Waals surface area contributed by atoms with Gasteiger partial charge in [0.1, 0.15) is 0 Å². The van der Waals surface area contributed by atoms with Crippen molar-refractivity contribution < 1.29 is 4.74 Å². The number of hydrogen-bond acceptors (Lipinski definition) is 6. The molecule has 0 saturated carbocycles. The molecular weight excluding hydrogens is 256 g/mol. The molecule has 2 rings (SSSR count). The van der Waals surface area contributed by atoms with Crippen molar-refractivity contribution in [3.8, 4) is 12.0 Å². The van der Waals surface area contributed by atoms with E-state index in [1.54, 1.807) is 13.1 Å². The molecule has 0 radical (unpaired) electrons. The van der Waals surface area contributed by atoms with Gasteiger partial charge < -0.3 is 10.5 Å². The first-order valence-electron chi connectivity index (χ1n) is 5.36. The third kappa shape index (κ3) is 2.67. The summed E-state index contributed by atoms with van der Waals surface area (Å²) >= 11 is 5.93. The molecule has 0 fully saturated rings. The molecule has 7 nitrogen and oxygen atoms in total. The first-order chi connectivity index (χ1) is 8.45. The van der Waals surface area contributed by atoms with Gasteiger partial charge in [-0.15, -0.1) is 0 Å². The van der Waals surface area contributed by atoms with E-state index in [2.05, 4.69) is 20.1 Å². The summed E-state index contributed by atoms with van der Waals surface area (Å²) in [4.78, 5) is 12.0. The predicted octanol–water partition coefficient (Wildman–Crippen LogP) is 1.39. The Balaban J connectivity index is 2.41. The number of anilines is 1. The van der Waals surface area contributed by atoms with Crippen LogP contribution in [0, 0.1) is 6.92 Å². The molecule has 2 heterocycles. The van der Waals surface area contributed by atoms with Crippen LogP contribution in [0.2, 0.25) is 5.02 Å². The second-order valence-electron chi connectivity index (χ2n) is 3.95. The van der Waals surface area contributed by atoms with Crippen molar-refractivity contribution in [3.05, 3.63) is 16.9 Å². The van der Waals surface area contributed by atoms with Gasteiger partial charge in [0, 0.05) is 0 Å². The van der Waals surface area contributed by atoms with Gasteiger partial charge in [0.15, 0.2) is 0 Å². The van der Waals surface area contributed by atoms with Gasteiger partial charge in [0.2, 0.25) is 5.95 Å². The molecule has 0 saturated heterocycles. The van der Waals surface area contributed by atoms with Gasteiger partial charge in [-0.05, 0) is 20.8 Å². The highest BCUT2D eigenvalue weighted by atomic mass is 35.5. The molecular formula is C10H13ClN6O. The molecule has 0 aliphatic rings. The molecule has 0 atom stereocenters. The van der Waals surface area contributed by atoms with Crippen molar-refractivity contribution in [2.45, 2.75) is 26.9 Å². The summed E-state index contributed by atoms with van der Waals surface area (Å²) in [6, 6.07) is 0.164. The molecule has 2 aromatic heterocycles. The van der Waals surface area contributed by atoms with Gasteiger partial charge in [0.05, 0.1) is 23.0 Å². The van der Waals surface area contributed by atoms with Crippen LogP contribution in [-0.4, -0.2) is 30.8 Å². The second-order valence-corrected chi connectivity index (χ2v) is 4.36. The van der Waals surface area contributed by atoms with Crippen LogP contribution < -0.4 is 10.5 Å².